The molecule has 0 aromatic heterocycles. The van der Waals surface area contributed by atoms with E-state index >= 15 is 0 Å². The van der Waals surface area contributed by atoms with Gasteiger partial charge in [0.2, 0.25) is 0 Å². The van der Waals surface area contributed by atoms with Crippen LogP contribution < -0.4 is 0 Å². The van der Waals surface area contributed by atoms with E-state index in [1.165, 1.54) is 6.42 Å². The number of hydrogen-bond acceptors (Lipinski definition) is 5. The molecule has 7 atom stereocenters. The zero-order chi connectivity index (χ0) is 14.7. The summed E-state index contributed by atoms with van der Waals surface area (Å²) >= 11 is 0. The minimum Gasteiger partial charge on any atom is -0.394 e. The molecule has 5 heteroatoms. The molecule has 3 fully saturated rings. The average molecular weight is 286 g/mol. The van der Waals surface area contributed by atoms with E-state index in [0.29, 0.717) is 5.92 Å². The Morgan fingerprint density at radius 3 is 2.35 bits per heavy atom. The SMILES string of the molecule is CC1(C)[C@@H]2CC[C@@]1(C)[C@@H](O[C@H]1O[C@H](CO)[C@@H](O)[C@@H]1O)C2. The minimum atomic E-state index is -1.09. The van der Waals surface area contributed by atoms with Gasteiger partial charge in [0.25, 0.3) is 0 Å². The Labute approximate surface area is 119 Å². The fourth-order valence-corrected chi connectivity index (χ4v) is 4.48. The van der Waals surface area contributed by atoms with Crippen molar-refractivity contribution in [2.75, 3.05) is 6.61 Å². The number of rotatable bonds is 3. The summed E-state index contributed by atoms with van der Waals surface area (Å²) in [5.74, 6) is 0.648. The molecule has 2 saturated carbocycles. The van der Waals surface area contributed by atoms with Crippen LogP contribution in [-0.2, 0) is 9.47 Å². The van der Waals surface area contributed by atoms with Crippen LogP contribution in [0.2, 0.25) is 0 Å². The van der Waals surface area contributed by atoms with Crippen molar-refractivity contribution in [1.29, 1.82) is 0 Å². The first kappa shape index (κ1) is 14.7. The van der Waals surface area contributed by atoms with E-state index in [1.807, 2.05) is 0 Å². The summed E-state index contributed by atoms with van der Waals surface area (Å²) in [5, 5.41) is 28.9. The van der Waals surface area contributed by atoms with Crippen molar-refractivity contribution >= 4 is 0 Å². The van der Waals surface area contributed by atoms with Crippen LogP contribution in [0.25, 0.3) is 0 Å². The van der Waals surface area contributed by atoms with E-state index in [-0.39, 0.29) is 23.5 Å². The van der Waals surface area contributed by atoms with Gasteiger partial charge in [0, 0.05) is 0 Å². The zero-order valence-electron chi connectivity index (χ0n) is 12.5. The molecule has 3 N–H and O–H groups in total. The van der Waals surface area contributed by atoms with Gasteiger partial charge in [-0.3, -0.25) is 0 Å². The van der Waals surface area contributed by atoms with Crippen LogP contribution in [0.15, 0.2) is 0 Å². The molecule has 0 radical (unpaired) electrons. The summed E-state index contributed by atoms with van der Waals surface area (Å²) in [6.07, 6.45) is -0.365. The lowest BCUT2D eigenvalue weighted by Crippen LogP contribution is -2.42. The number of hydrogen-bond donors (Lipinski definition) is 3. The first-order valence-electron chi connectivity index (χ1n) is 7.59. The molecule has 0 aromatic rings. The third kappa shape index (κ3) is 1.80. The maximum Gasteiger partial charge on any atom is 0.186 e. The van der Waals surface area contributed by atoms with E-state index in [0.717, 1.165) is 12.8 Å². The maximum absolute atomic E-state index is 9.99. The highest BCUT2D eigenvalue weighted by atomic mass is 16.7. The van der Waals surface area contributed by atoms with Crippen LogP contribution in [0, 0.1) is 16.7 Å². The van der Waals surface area contributed by atoms with Gasteiger partial charge < -0.3 is 24.8 Å². The summed E-state index contributed by atoms with van der Waals surface area (Å²) in [7, 11) is 0. The van der Waals surface area contributed by atoms with Crippen molar-refractivity contribution in [3.63, 3.8) is 0 Å². The number of aliphatic hydroxyl groups is 3. The molecule has 0 spiro atoms. The highest BCUT2D eigenvalue weighted by Crippen LogP contribution is 2.66. The summed E-state index contributed by atoms with van der Waals surface area (Å²) < 4.78 is 11.5. The van der Waals surface area contributed by atoms with Crippen molar-refractivity contribution in [2.24, 2.45) is 16.7 Å². The molecule has 5 nitrogen and oxygen atoms in total. The van der Waals surface area contributed by atoms with Crippen LogP contribution in [0.5, 0.6) is 0 Å². The molecule has 20 heavy (non-hydrogen) atoms. The predicted molar refractivity (Wildman–Crippen MR) is 71.9 cm³/mol. The molecular formula is C15H26O5. The van der Waals surface area contributed by atoms with Crippen LogP contribution in [-0.4, -0.2) is 52.6 Å². The zero-order valence-corrected chi connectivity index (χ0v) is 12.5. The first-order valence-corrected chi connectivity index (χ1v) is 7.59. The van der Waals surface area contributed by atoms with Crippen LogP contribution in [0.4, 0.5) is 0 Å². The monoisotopic (exact) mass is 286 g/mol. The molecular weight excluding hydrogens is 260 g/mol. The van der Waals surface area contributed by atoms with Gasteiger partial charge in [0.05, 0.1) is 12.7 Å². The van der Waals surface area contributed by atoms with Gasteiger partial charge in [-0.05, 0) is 36.0 Å². The van der Waals surface area contributed by atoms with Gasteiger partial charge in [-0.1, -0.05) is 20.8 Å². The Hall–Kier alpha value is -0.200. The van der Waals surface area contributed by atoms with Crippen LogP contribution in [0.1, 0.15) is 40.0 Å². The van der Waals surface area contributed by atoms with Gasteiger partial charge >= 0.3 is 0 Å². The Morgan fingerprint density at radius 2 is 1.90 bits per heavy atom. The normalized spacial score (nSPS) is 53.7. The predicted octanol–water partition coefficient (Wildman–Crippen LogP) is 0.657. The molecule has 3 rings (SSSR count). The molecule has 116 valence electrons. The topological polar surface area (TPSA) is 79.2 Å². The van der Waals surface area contributed by atoms with E-state index in [2.05, 4.69) is 20.8 Å². The van der Waals surface area contributed by atoms with Gasteiger partial charge in [-0.15, -0.1) is 0 Å². The second-order valence-corrected chi connectivity index (χ2v) is 7.44. The third-order valence-electron chi connectivity index (χ3n) is 6.51. The van der Waals surface area contributed by atoms with Crippen molar-refractivity contribution in [3.8, 4) is 0 Å². The van der Waals surface area contributed by atoms with E-state index < -0.39 is 24.6 Å². The summed E-state index contributed by atoms with van der Waals surface area (Å²) in [6, 6.07) is 0. The van der Waals surface area contributed by atoms with E-state index in [1.54, 1.807) is 0 Å². The summed E-state index contributed by atoms with van der Waals surface area (Å²) in [5.41, 5.74) is 0.319. The Bertz CT molecular complexity index is 384. The van der Waals surface area contributed by atoms with Crippen molar-refractivity contribution in [2.45, 2.75) is 70.7 Å². The molecule has 2 aliphatic carbocycles. The molecule has 3 aliphatic rings. The lowest BCUT2D eigenvalue weighted by molar-refractivity contribution is -0.216. The molecule has 1 aliphatic heterocycles. The van der Waals surface area contributed by atoms with E-state index in [4.69, 9.17) is 14.6 Å². The third-order valence-corrected chi connectivity index (χ3v) is 6.51. The largest absolute Gasteiger partial charge is 0.394 e. The quantitative estimate of drug-likeness (QED) is 0.710. The van der Waals surface area contributed by atoms with Crippen molar-refractivity contribution in [1.82, 2.24) is 0 Å². The molecule has 0 amide bonds. The number of fused-ring (bicyclic) bond motifs is 2. The molecule has 1 heterocycles. The smallest absolute Gasteiger partial charge is 0.186 e. The lowest BCUT2D eigenvalue weighted by atomic mass is 9.70. The fraction of sp³-hybridized carbons (Fsp3) is 1.00. The number of ether oxygens (including phenoxy) is 2. The van der Waals surface area contributed by atoms with E-state index in [9.17, 15) is 10.2 Å². The minimum absolute atomic E-state index is 0.0422. The summed E-state index contributed by atoms with van der Waals surface area (Å²) in [4.78, 5) is 0. The van der Waals surface area contributed by atoms with Crippen molar-refractivity contribution < 1.29 is 24.8 Å². The Morgan fingerprint density at radius 1 is 1.20 bits per heavy atom. The second-order valence-electron chi connectivity index (χ2n) is 7.44. The van der Waals surface area contributed by atoms with Gasteiger partial charge in [-0.2, -0.15) is 0 Å². The van der Waals surface area contributed by atoms with Gasteiger partial charge in [0.15, 0.2) is 6.29 Å². The standard InChI is InChI=1S/C15H26O5/c1-14(2)8-4-5-15(14,3)10(6-8)20-13-12(18)11(17)9(7-16)19-13/h8-13,16-18H,4-7H2,1-3H3/t8-,9-,10+,11-,12+,13-,15+/m1/s1. The van der Waals surface area contributed by atoms with Crippen molar-refractivity contribution in [3.05, 3.63) is 0 Å². The molecule has 1 saturated heterocycles. The first-order chi connectivity index (χ1) is 9.31. The molecule has 0 unspecified atom stereocenters. The molecule has 2 bridgehead atoms. The summed E-state index contributed by atoms with van der Waals surface area (Å²) in [6.45, 7) is 6.54. The Kier molecular flexibility index (Phi) is 3.42. The Balaban J connectivity index is 1.71. The lowest BCUT2D eigenvalue weighted by Gasteiger charge is -2.40. The van der Waals surface area contributed by atoms with Crippen LogP contribution >= 0.6 is 0 Å². The highest BCUT2D eigenvalue weighted by Gasteiger charge is 2.63. The average Bonchev–Trinajstić information content (AvgIpc) is 2.87. The highest BCUT2D eigenvalue weighted by molar-refractivity contribution is 5.11. The molecule has 0 aromatic carbocycles. The fourth-order valence-electron chi connectivity index (χ4n) is 4.48. The van der Waals surface area contributed by atoms with Gasteiger partial charge in [-0.25, -0.2) is 0 Å². The van der Waals surface area contributed by atoms with Gasteiger partial charge in [0.1, 0.15) is 18.3 Å². The van der Waals surface area contributed by atoms with Crippen LogP contribution in [0.3, 0.4) is 0 Å². The maximum atomic E-state index is 9.99. The second kappa shape index (κ2) is 4.65. The number of aliphatic hydroxyl groups excluding tert-OH is 3.